The summed E-state index contributed by atoms with van der Waals surface area (Å²) in [4.78, 5) is 32.3. The molecule has 9 rings (SSSR count). The van der Waals surface area contributed by atoms with Gasteiger partial charge in [-0.2, -0.15) is 13.2 Å². The Balaban J connectivity index is 1.01. The number of fused-ring (bicyclic) bond motifs is 4. The molecule has 19 heteroatoms. The fraction of sp³-hybridized carbons (Fsp3) is 0.784. The molecule has 524 valence electrons. The van der Waals surface area contributed by atoms with Crippen molar-refractivity contribution in [1.29, 1.82) is 0 Å². The van der Waals surface area contributed by atoms with E-state index in [1.54, 1.807) is 0 Å². The third-order valence-electron chi connectivity index (χ3n) is 23.1. The number of carbonyl (C=O) groups is 1. The van der Waals surface area contributed by atoms with Gasteiger partial charge in [-0.25, -0.2) is 0 Å². The number of hydrogen-bond donors (Lipinski definition) is 6. The maximum atomic E-state index is 15.4. The molecule has 15 nitrogen and oxygen atoms in total. The lowest BCUT2D eigenvalue weighted by molar-refractivity contribution is -0.170. The van der Waals surface area contributed by atoms with Crippen LogP contribution < -0.4 is 31.9 Å². The van der Waals surface area contributed by atoms with Crippen molar-refractivity contribution in [3.8, 4) is 0 Å². The molecule has 5 aliphatic heterocycles. The average Bonchev–Trinajstić information content (AvgIpc) is 1.46. The zero-order chi connectivity index (χ0) is 66.2. The summed E-state index contributed by atoms with van der Waals surface area (Å²) in [6.07, 6.45) is 30.8. The highest BCUT2D eigenvalue weighted by molar-refractivity contribution is 6.31. The zero-order valence-corrected chi connectivity index (χ0v) is 59.5. The highest BCUT2D eigenvalue weighted by Gasteiger charge is 2.58. The van der Waals surface area contributed by atoms with E-state index >= 15 is 4.79 Å². The number of halogens is 4. The predicted molar refractivity (Wildman–Crippen MR) is 374 cm³/mol. The molecule has 1 amide bonds. The topological polar surface area (TPSA) is 136 Å². The van der Waals surface area contributed by atoms with Crippen LogP contribution in [0.1, 0.15) is 195 Å². The van der Waals surface area contributed by atoms with Crippen molar-refractivity contribution >= 4 is 23.7 Å². The lowest BCUT2D eigenvalue weighted by atomic mass is 9.73. The lowest BCUT2D eigenvalue weighted by Crippen LogP contribution is -2.76. The van der Waals surface area contributed by atoms with Crippen molar-refractivity contribution in [2.75, 3.05) is 79.8 Å². The van der Waals surface area contributed by atoms with Crippen LogP contribution in [0.2, 0.25) is 5.02 Å². The van der Waals surface area contributed by atoms with E-state index < -0.39 is 11.7 Å². The number of likely N-dealkylation sites (N-methyl/N-ethyl adjacent to an activating group) is 1. The number of amides is 1. The first-order valence-electron chi connectivity index (χ1n) is 36.8. The summed E-state index contributed by atoms with van der Waals surface area (Å²) in [5.74, 6) is 2.03. The van der Waals surface area contributed by atoms with Crippen molar-refractivity contribution in [2.24, 2.45) is 28.7 Å². The summed E-state index contributed by atoms with van der Waals surface area (Å²) in [5, 5.41) is 24.3. The summed E-state index contributed by atoms with van der Waals surface area (Å²) in [6, 6.07) is 6.36. The van der Waals surface area contributed by atoms with E-state index in [1.165, 1.54) is 82.0 Å². The average molecular weight is 1320 g/mol. The van der Waals surface area contributed by atoms with Gasteiger partial charge in [0.2, 0.25) is 5.91 Å². The van der Waals surface area contributed by atoms with Crippen LogP contribution in [0.15, 0.2) is 71.2 Å². The first-order chi connectivity index (χ1) is 44.8. The summed E-state index contributed by atoms with van der Waals surface area (Å²) in [5.41, 5.74) is 3.05. The molecule has 5 heterocycles. The van der Waals surface area contributed by atoms with E-state index in [1.807, 2.05) is 36.6 Å². The molecule has 1 spiro atoms. The molecule has 7 unspecified atom stereocenters. The lowest BCUT2D eigenvalue weighted by Gasteiger charge is -2.60. The Labute approximate surface area is 564 Å². The molecular weight excluding hydrogens is 1200 g/mol. The third-order valence-corrected chi connectivity index (χ3v) is 23.5. The minimum atomic E-state index is -4.52. The predicted octanol–water partition coefficient (Wildman–Crippen LogP) is 12.2. The van der Waals surface area contributed by atoms with E-state index in [2.05, 4.69) is 126 Å². The summed E-state index contributed by atoms with van der Waals surface area (Å²) < 4.78 is 53.4. The molecule has 3 aliphatic carbocycles. The Morgan fingerprint density at radius 2 is 1.60 bits per heavy atom. The fourth-order valence-electron chi connectivity index (χ4n) is 17.4. The van der Waals surface area contributed by atoms with Crippen molar-refractivity contribution < 1.29 is 27.4 Å². The fourth-order valence-corrected chi connectivity index (χ4v) is 17.7. The Bertz CT molecular complexity index is 2620. The number of morpholine rings is 1. The number of aliphatic imine (C=N–C) groups is 1. The molecule has 1 aromatic carbocycles. The van der Waals surface area contributed by atoms with Gasteiger partial charge in [0, 0.05) is 156 Å². The smallest absolute Gasteiger partial charge is 0.377 e. The van der Waals surface area contributed by atoms with Gasteiger partial charge in [-0.15, -0.1) is 0 Å². The van der Waals surface area contributed by atoms with Crippen LogP contribution >= 0.6 is 11.6 Å². The van der Waals surface area contributed by atoms with Crippen LogP contribution in [-0.2, 0) is 26.9 Å². The van der Waals surface area contributed by atoms with Gasteiger partial charge in [0.05, 0.1) is 60.7 Å². The highest BCUT2D eigenvalue weighted by atomic mass is 35.5. The Morgan fingerprint density at radius 1 is 0.871 bits per heavy atom. The molecule has 2 bridgehead atoms. The van der Waals surface area contributed by atoms with Gasteiger partial charge in [-0.1, -0.05) is 96.2 Å². The highest BCUT2D eigenvalue weighted by Crippen LogP contribution is 2.45. The van der Waals surface area contributed by atoms with Crippen LogP contribution in [0.5, 0.6) is 0 Å². The minimum absolute atomic E-state index is 0.0497. The molecule has 8 aliphatic rings. The monoisotopic (exact) mass is 1320 g/mol. The number of allylic oxidation sites excluding steroid dienone is 3. The maximum absolute atomic E-state index is 15.4. The molecule has 93 heavy (non-hydrogen) atoms. The van der Waals surface area contributed by atoms with Gasteiger partial charge in [-0.05, 0) is 153 Å². The van der Waals surface area contributed by atoms with E-state index in [4.69, 9.17) is 26.1 Å². The van der Waals surface area contributed by atoms with Gasteiger partial charge in [0.25, 0.3) is 0 Å². The quantitative estimate of drug-likeness (QED) is 0.105. The van der Waals surface area contributed by atoms with Crippen molar-refractivity contribution in [3.63, 3.8) is 0 Å². The SMILES string of the molecule is CCCOCC1=CN(C)C=CNC(CCc2ccc(C(F)(F)F)c(Cl)c2)=CC=NCCNCC2(CCCC2)NC(C)[C@H](C2CCCC2)N2C(C)[C@H](C(=O)N3C4CCC3COC4)C2CNC(C)[C@H](CC2CCCC2)NC[C@H]([C@@H](C)CC)NC(C)[C@H](C)N2CCCC2=CN1C. The van der Waals surface area contributed by atoms with Gasteiger partial charge >= 0.3 is 6.18 Å². The minimum Gasteiger partial charge on any atom is -0.377 e. The third kappa shape index (κ3) is 19.6. The van der Waals surface area contributed by atoms with E-state index in [-0.39, 0.29) is 70.9 Å². The van der Waals surface area contributed by atoms with E-state index in [9.17, 15) is 13.2 Å². The number of hydrogen-bond acceptors (Lipinski definition) is 14. The largest absolute Gasteiger partial charge is 0.417 e. The normalized spacial score (nSPS) is 32.2. The Hall–Kier alpha value is -3.72. The summed E-state index contributed by atoms with van der Waals surface area (Å²) >= 11 is 6.20. The van der Waals surface area contributed by atoms with Crippen LogP contribution in [0.3, 0.4) is 0 Å². The Kier molecular flexibility index (Phi) is 27.8. The van der Waals surface area contributed by atoms with E-state index in [0.717, 1.165) is 119 Å². The number of carbonyl (C=O) groups excluding carboxylic acids is 1. The number of ether oxygens (including phenoxy) is 2. The molecule has 13 atom stereocenters. The van der Waals surface area contributed by atoms with Crippen molar-refractivity contribution in [1.82, 2.24) is 56.4 Å². The van der Waals surface area contributed by atoms with Crippen molar-refractivity contribution in [2.45, 2.75) is 268 Å². The summed E-state index contributed by atoms with van der Waals surface area (Å²) in [7, 11) is 4.14. The molecule has 7 fully saturated rings. The number of nitrogens with zero attached hydrogens (tertiary/aromatic N) is 6. The number of aryl methyl sites for hydroxylation is 1. The molecule has 3 saturated carbocycles. The zero-order valence-electron chi connectivity index (χ0n) is 58.7. The standard InChI is InChI=1S/C74H122ClF3N12O3/c1-11-40-92-49-64-45-86(9)39-37-81-60(27-25-58-26-30-65(66(75)41-58)74(76,77)78)31-34-79-35-36-80-50-73(32-17-18-33-73)85-54(6)71(59-22-15-16-23-59)89-56(8)70(72(91)90-62-28-29-63(90)48-93-47-62)69(89)44-82-53(5)67(42-57-20-13-14-21-57)83-43-68(51(3)12-2)84-52(4)55(7)88-38-19-24-61(88)46-87(64)10/h26,30-31,34,37,39,41,45-46,51-57,59,62-63,67-71,80-85H,11-25,27-29,32-33,35-36,38,40,42-44,47-50H2,1-10H3/t51-,52?,53?,54?,55-,56?,62?,63?,67-,68+,69?,70-,71+/m0/s1. The molecule has 0 radical (unpaired) electrons. The van der Waals surface area contributed by atoms with Crippen molar-refractivity contribution in [3.05, 3.63) is 82.3 Å². The molecule has 1 aromatic rings. The molecular formula is C74H122ClF3N12O3. The first-order valence-corrected chi connectivity index (χ1v) is 37.2. The van der Waals surface area contributed by atoms with E-state index in [0.29, 0.717) is 75.6 Å². The van der Waals surface area contributed by atoms with Crippen LogP contribution in [0.4, 0.5) is 13.2 Å². The number of rotatable bonds is 13. The van der Waals surface area contributed by atoms with Gasteiger partial charge in [0.1, 0.15) is 0 Å². The van der Waals surface area contributed by atoms with Gasteiger partial charge < -0.3 is 61.0 Å². The second-order valence-electron chi connectivity index (χ2n) is 29.8. The second-order valence-corrected chi connectivity index (χ2v) is 30.2. The number of nitrogens with one attached hydrogen (secondary N) is 6. The van der Waals surface area contributed by atoms with Gasteiger partial charge in [0.15, 0.2) is 0 Å². The van der Waals surface area contributed by atoms with Crippen LogP contribution in [0, 0.1) is 23.7 Å². The maximum Gasteiger partial charge on any atom is 0.417 e. The molecule has 0 aromatic heterocycles. The Morgan fingerprint density at radius 3 is 2.30 bits per heavy atom. The number of alkyl halides is 3. The van der Waals surface area contributed by atoms with Crippen LogP contribution in [0.25, 0.3) is 0 Å². The van der Waals surface area contributed by atoms with Crippen LogP contribution in [-0.4, -0.2) is 188 Å². The summed E-state index contributed by atoms with van der Waals surface area (Å²) in [6.45, 7) is 26.2. The molecule has 4 saturated heterocycles. The number of benzene rings is 1. The second kappa shape index (κ2) is 35.2. The molecule has 6 N–H and O–H groups in total. The van der Waals surface area contributed by atoms with Gasteiger partial charge in [-0.3, -0.25) is 14.7 Å². The first kappa shape index (κ1) is 73.5.